The third-order valence-corrected chi connectivity index (χ3v) is 2.15. The van der Waals surface area contributed by atoms with E-state index in [1.165, 1.54) is 0 Å². The number of amides is 1. The van der Waals surface area contributed by atoms with Gasteiger partial charge in [0.05, 0.1) is 0 Å². The van der Waals surface area contributed by atoms with Gasteiger partial charge in [-0.05, 0) is 13.0 Å². The summed E-state index contributed by atoms with van der Waals surface area (Å²) in [6, 6.07) is 0. The molecule has 4 heteroatoms. The van der Waals surface area contributed by atoms with Crippen molar-refractivity contribution in [2.24, 2.45) is 5.73 Å². The van der Waals surface area contributed by atoms with E-state index in [-0.39, 0.29) is 5.91 Å². The van der Waals surface area contributed by atoms with E-state index in [0.717, 1.165) is 26.1 Å². The van der Waals surface area contributed by atoms with Crippen LogP contribution in [0.4, 0.5) is 0 Å². The van der Waals surface area contributed by atoms with Crippen LogP contribution in [-0.4, -0.2) is 42.1 Å². The predicted molar refractivity (Wildman–Crippen MR) is 47.2 cm³/mol. The molecule has 0 aliphatic carbocycles. The first-order valence-corrected chi connectivity index (χ1v) is 4.55. The summed E-state index contributed by atoms with van der Waals surface area (Å²) in [5.41, 5.74) is 5.38. The molecule has 4 nitrogen and oxygen atoms in total. The van der Waals surface area contributed by atoms with Gasteiger partial charge in [0.1, 0.15) is 0 Å². The van der Waals surface area contributed by atoms with Gasteiger partial charge in [-0.1, -0.05) is 6.92 Å². The Labute approximate surface area is 73.3 Å². The molecule has 0 radical (unpaired) electrons. The van der Waals surface area contributed by atoms with Crippen LogP contribution in [0, 0.1) is 0 Å². The number of carbonyl (C=O) groups excluding carboxylic acids is 1. The summed E-state index contributed by atoms with van der Waals surface area (Å²) in [6.45, 7) is 5.29. The van der Waals surface area contributed by atoms with Crippen molar-refractivity contribution in [3.05, 3.63) is 0 Å². The van der Waals surface area contributed by atoms with Crippen LogP contribution < -0.4 is 5.73 Å². The molecule has 1 amide bonds. The van der Waals surface area contributed by atoms with Crippen molar-refractivity contribution in [2.75, 3.05) is 26.2 Å². The number of carbonyl (C=O) groups is 1. The molecule has 1 rings (SSSR count). The first kappa shape index (κ1) is 9.48. The van der Waals surface area contributed by atoms with Gasteiger partial charge in [-0.3, -0.25) is 9.80 Å². The van der Waals surface area contributed by atoms with Crippen molar-refractivity contribution in [3.63, 3.8) is 0 Å². The van der Waals surface area contributed by atoms with Gasteiger partial charge in [0.25, 0.3) is 0 Å². The second-order valence-electron chi connectivity index (χ2n) is 2.96. The van der Waals surface area contributed by atoms with Crippen molar-refractivity contribution < 1.29 is 4.79 Å². The molecule has 1 aliphatic rings. The van der Waals surface area contributed by atoms with Crippen LogP contribution in [0.5, 0.6) is 0 Å². The summed E-state index contributed by atoms with van der Waals surface area (Å²) in [5.74, 6) is 0.241. The van der Waals surface area contributed by atoms with E-state index in [0.29, 0.717) is 13.0 Å². The zero-order chi connectivity index (χ0) is 8.97. The topological polar surface area (TPSA) is 49.6 Å². The lowest BCUT2D eigenvalue weighted by molar-refractivity contribution is -0.137. The Morgan fingerprint density at radius 1 is 1.58 bits per heavy atom. The molecule has 0 unspecified atom stereocenters. The van der Waals surface area contributed by atoms with Crippen molar-refractivity contribution in [3.8, 4) is 0 Å². The molecule has 1 fully saturated rings. The first-order chi connectivity index (χ1) is 5.79. The molecule has 0 aromatic rings. The van der Waals surface area contributed by atoms with Gasteiger partial charge in [-0.2, -0.15) is 0 Å². The summed E-state index contributed by atoms with van der Waals surface area (Å²) >= 11 is 0. The van der Waals surface area contributed by atoms with E-state index in [1.807, 2.05) is 5.01 Å². The van der Waals surface area contributed by atoms with Crippen LogP contribution in [0.15, 0.2) is 0 Å². The molecule has 0 aromatic carbocycles. The van der Waals surface area contributed by atoms with E-state index in [4.69, 9.17) is 5.73 Å². The van der Waals surface area contributed by atoms with Crippen LogP contribution in [0.2, 0.25) is 0 Å². The number of hydrogen-bond donors (Lipinski definition) is 1. The maximum absolute atomic E-state index is 11.3. The largest absolute Gasteiger partial charge is 0.330 e. The second kappa shape index (κ2) is 4.42. The maximum atomic E-state index is 11.3. The van der Waals surface area contributed by atoms with Crippen LogP contribution in [0.1, 0.15) is 19.8 Å². The molecule has 1 heterocycles. The van der Waals surface area contributed by atoms with Gasteiger partial charge in [0, 0.05) is 26.1 Å². The molecule has 0 saturated carbocycles. The maximum Gasteiger partial charge on any atom is 0.238 e. The van der Waals surface area contributed by atoms with E-state index < -0.39 is 0 Å². The van der Waals surface area contributed by atoms with Gasteiger partial charge < -0.3 is 5.73 Å². The average Bonchev–Trinajstić information content (AvgIpc) is 2.43. The smallest absolute Gasteiger partial charge is 0.238 e. The highest BCUT2D eigenvalue weighted by Gasteiger charge is 2.26. The molecule has 0 bridgehead atoms. The lowest BCUT2D eigenvalue weighted by Crippen LogP contribution is -2.40. The van der Waals surface area contributed by atoms with Gasteiger partial charge in [0.15, 0.2) is 0 Å². The molecule has 0 atom stereocenters. The molecule has 0 aromatic heterocycles. The third kappa shape index (κ3) is 1.95. The van der Waals surface area contributed by atoms with Crippen LogP contribution in [0.25, 0.3) is 0 Å². The van der Waals surface area contributed by atoms with Gasteiger partial charge in [0.2, 0.25) is 5.91 Å². The Morgan fingerprint density at radius 2 is 2.33 bits per heavy atom. The Kier molecular flexibility index (Phi) is 3.49. The zero-order valence-corrected chi connectivity index (χ0v) is 7.62. The molecule has 70 valence electrons. The van der Waals surface area contributed by atoms with Gasteiger partial charge >= 0.3 is 0 Å². The minimum atomic E-state index is 0.241. The number of rotatable bonds is 4. The summed E-state index contributed by atoms with van der Waals surface area (Å²) in [6.07, 6.45) is 1.56. The van der Waals surface area contributed by atoms with Gasteiger partial charge in [-0.15, -0.1) is 0 Å². The summed E-state index contributed by atoms with van der Waals surface area (Å²) < 4.78 is 0. The minimum Gasteiger partial charge on any atom is -0.330 e. The molecular formula is C8H17N3O. The third-order valence-electron chi connectivity index (χ3n) is 2.15. The van der Waals surface area contributed by atoms with Crippen LogP contribution in [0.3, 0.4) is 0 Å². The molecule has 0 spiro atoms. The predicted octanol–water partition coefficient (Wildman–Crippen LogP) is -0.196. The standard InChI is InChI=1S/C8H17N3O/c1-2-10-7-4-8(12)11(10)6-3-5-9/h2-7,9H2,1H3. The van der Waals surface area contributed by atoms with Crippen LogP contribution >= 0.6 is 0 Å². The second-order valence-corrected chi connectivity index (χ2v) is 2.96. The van der Waals surface area contributed by atoms with E-state index in [1.54, 1.807) is 0 Å². The highest BCUT2D eigenvalue weighted by molar-refractivity contribution is 5.77. The van der Waals surface area contributed by atoms with Crippen molar-refractivity contribution in [1.29, 1.82) is 0 Å². The monoisotopic (exact) mass is 171 g/mol. The Balaban J connectivity index is 2.40. The van der Waals surface area contributed by atoms with Crippen molar-refractivity contribution >= 4 is 5.91 Å². The van der Waals surface area contributed by atoms with Gasteiger partial charge in [-0.25, -0.2) is 5.01 Å². The highest BCUT2D eigenvalue weighted by atomic mass is 16.2. The number of nitrogens with zero attached hydrogens (tertiary/aromatic N) is 2. The van der Waals surface area contributed by atoms with Crippen molar-refractivity contribution in [1.82, 2.24) is 10.0 Å². The fourth-order valence-corrected chi connectivity index (χ4v) is 1.47. The lowest BCUT2D eigenvalue weighted by atomic mass is 10.4. The van der Waals surface area contributed by atoms with E-state index >= 15 is 0 Å². The number of nitrogens with two attached hydrogens (primary N) is 1. The Hall–Kier alpha value is -0.610. The Bertz CT molecular complexity index is 160. The quantitative estimate of drug-likeness (QED) is 0.637. The summed E-state index contributed by atoms with van der Waals surface area (Å²) in [4.78, 5) is 11.3. The molecule has 12 heavy (non-hydrogen) atoms. The van der Waals surface area contributed by atoms with Crippen molar-refractivity contribution in [2.45, 2.75) is 19.8 Å². The van der Waals surface area contributed by atoms with E-state index in [9.17, 15) is 4.79 Å². The Morgan fingerprint density at radius 3 is 2.92 bits per heavy atom. The lowest BCUT2D eigenvalue weighted by Gasteiger charge is -2.26. The molecule has 2 N–H and O–H groups in total. The summed E-state index contributed by atoms with van der Waals surface area (Å²) in [7, 11) is 0. The van der Waals surface area contributed by atoms with Crippen LogP contribution in [-0.2, 0) is 4.79 Å². The fourth-order valence-electron chi connectivity index (χ4n) is 1.47. The zero-order valence-electron chi connectivity index (χ0n) is 7.62. The number of hydrogen-bond acceptors (Lipinski definition) is 3. The average molecular weight is 171 g/mol. The molecule has 1 aliphatic heterocycles. The number of hydrazine groups is 1. The fraction of sp³-hybridized carbons (Fsp3) is 0.875. The van der Waals surface area contributed by atoms with E-state index in [2.05, 4.69) is 11.9 Å². The molecular weight excluding hydrogens is 154 g/mol. The SMILES string of the molecule is CCN1CCC(=O)N1CCCN. The molecule has 1 saturated heterocycles. The minimum absolute atomic E-state index is 0.241. The highest BCUT2D eigenvalue weighted by Crippen LogP contribution is 2.11. The normalized spacial score (nSPS) is 19.2. The first-order valence-electron chi connectivity index (χ1n) is 4.55. The summed E-state index contributed by atoms with van der Waals surface area (Å²) in [5, 5.41) is 3.91.